The zero-order chi connectivity index (χ0) is 21.4. The van der Waals surface area contributed by atoms with E-state index >= 15 is 0 Å². The molecule has 3 aromatic carbocycles. The Labute approximate surface area is 176 Å². The van der Waals surface area contributed by atoms with Gasteiger partial charge in [0.1, 0.15) is 35.6 Å². The van der Waals surface area contributed by atoms with Gasteiger partial charge in [0.2, 0.25) is 0 Å². The largest absolute Gasteiger partial charge is 0.497 e. The summed E-state index contributed by atoms with van der Waals surface area (Å²) in [7, 11) is 1.60. The zero-order valence-corrected chi connectivity index (χ0v) is 16.5. The van der Waals surface area contributed by atoms with Crippen LogP contribution in [0.3, 0.4) is 0 Å². The first-order valence-corrected chi connectivity index (χ1v) is 9.56. The molecule has 0 radical (unpaired) electrons. The number of fused-ring (bicyclic) bond motifs is 1. The van der Waals surface area contributed by atoms with E-state index in [0.29, 0.717) is 23.6 Å². The van der Waals surface area contributed by atoms with Crippen LogP contribution in [0.15, 0.2) is 73.3 Å². The van der Waals surface area contributed by atoms with Crippen molar-refractivity contribution in [3.05, 3.63) is 90.5 Å². The number of imidazole rings is 1. The van der Waals surface area contributed by atoms with Gasteiger partial charge in [0.05, 0.1) is 18.3 Å². The predicted octanol–water partition coefficient (Wildman–Crippen LogP) is 4.62. The standard InChI is InChI=1S/C23H17F2N5O/c1-31-19-4-2-3-15(9-19)12-29-21-11-17(24)10-20(25)22(21)28-23(29)16-5-7-18(8-6-16)30-14-26-13-27-30/h2-11,13-14H,12H2,1H3. The lowest BCUT2D eigenvalue weighted by atomic mass is 10.1. The molecule has 0 aliphatic carbocycles. The van der Waals surface area contributed by atoms with Gasteiger partial charge in [0.25, 0.3) is 0 Å². The van der Waals surface area contributed by atoms with Crippen molar-refractivity contribution in [3.63, 3.8) is 0 Å². The van der Waals surface area contributed by atoms with Crippen molar-refractivity contribution in [1.82, 2.24) is 24.3 Å². The Morgan fingerprint density at radius 2 is 1.84 bits per heavy atom. The number of methoxy groups -OCH3 is 1. The van der Waals surface area contributed by atoms with Gasteiger partial charge in [-0.25, -0.2) is 23.4 Å². The second-order valence-corrected chi connectivity index (χ2v) is 7.02. The summed E-state index contributed by atoms with van der Waals surface area (Å²) in [6.45, 7) is 0.372. The van der Waals surface area contributed by atoms with Crippen molar-refractivity contribution in [1.29, 1.82) is 0 Å². The molecule has 6 nitrogen and oxygen atoms in total. The average Bonchev–Trinajstić information content (AvgIpc) is 3.43. The third-order valence-electron chi connectivity index (χ3n) is 5.06. The number of ether oxygens (including phenoxy) is 1. The number of benzene rings is 3. The molecule has 2 aromatic heterocycles. The first kappa shape index (κ1) is 18.9. The van der Waals surface area contributed by atoms with E-state index in [2.05, 4.69) is 15.1 Å². The summed E-state index contributed by atoms with van der Waals surface area (Å²) in [6, 6.07) is 17.2. The van der Waals surface area contributed by atoms with Crippen molar-refractivity contribution in [2.45, 2.75) is 6.54 Å². The van der Waals surface area contributed by atoms with E-state index in [1.54, 1.807) is 22.7 Å². The minimum absolute atomic E-state index is 0.125. The number of hydrogen-bond donors (Lipinski definition) is 0. The topological polar surface area (TPSA) is 57.8 Å². The van der Waals surface area contributed by atoms with E-state index in [4.69, 9.17) is 4.74 Å². The lowest BCUT2D eigenvalue weighted by Gasteiger charge is -2.11. The Balaban J connectivity index is 1.64. The van der Waals surface area contributed by atoms with Crippen LogP contribution in [-0.2, 0) is 6.54 Å². The molecule has 0 N–H and O–H groups in total. The minimum atomic E-state index is -0.695. The maximum atomic E-state index is 14.5. The van der Waals surface area contributed by atoms with E-state index in [-0.39, 0.29) is 5.52 Å². The SMILES string of the molecule is COc1cccc(Cn2c(-c3ccc(-n4cncn4)cc3)nc3c(F)cc(F)cc32)c1. The number of nitrogens with zero attached hydrogens (tertiary/aromatic N) is 5. The Morgan fingerprint density at radius 1 is 1.00 bits per heavy atom. The number of hydrogen-bond acceptors (Lipinski definition) is 4. The van der Waals surface area contributed by atoms with Gasteiger partial charge in [-0.05, 0) is 48.0 Å². The van der Waals surface area contributed by atoms with Crippen LogP contribution in [0, 0.1) is 11.6 Å². The fourth-order valence-corrected chi connectivity index (χ4v) is 3.59. The summed E-state index contributed by atoms with van der Waals surface area (Å²) >= 11 is 0. The molecule has 0 bridgehead atoms. The van der Waals surface area contributed by atoms with Crippen LogP contribution in [0.1, 0.15) is 5.56 Å². The van der Waals surface area contributed by atoms with Crippen LogP contribution in [0.2, 0.25) is 0 Å². The quantitative estimate of drug-likeness (QED) is 0.419. The van der Waals surface area contributed by atoms with E-state index < -0.39 is 11.6 Å². The molecule has 154 valence electrons. The second-order valence-electron chi connectivity index (χ2n) is 7.02. The highest BCUT2D eigenvalue weighted by atomic mass is 19.1. The second kappa shape index (κ2) is 7.64. The number of rotatable bonds is 5. The van der Waals surface area contributed by atoms with Crippen LogP contribution in [-0.4, -0.2) is 31.4 Å². The summed E-state index contributed by atoms with van der Waals surface area (Å²) < 4.78 is 37.3. The van der Waals surface area contributed by atoms with Crippen molar-refractivity contribution in [3.8, 4) is 22.8 Å². The highest BCUT2D eigenvalue weighted by Crippen LogP contribution is 2.29. The van der Waals surface area contributed by atoms with Crippen LogP contribution < -0.4 is 4.74 Å². The summed E-state index contributed by atoms with van der Waals surface area (Å²) in [4.78, 5) is 8.46. The normalized spacial score (nSPS) is 11.2. The molecule has 0 amide bonds. The van der Waals surface area contributed by atoms with Gasteiger partial charge in [0.15, 0.2) is 5.82 Å². The molecule has 0 saturated carbocycles. The molecule has 5 aromatic rings. The fourth-order valence-electron chi connectivity index (χ4n) is 3.59. The summed E-state index contributed by atoms with van der Waals surface area (Å²) in [5.74, 6) is -0.102. The van der Waals surface area contributed by atoms with Crippen LogP contribution >= 0.6 is 0 Å². The Hall–Kier alpha value is -4.07. The lowest BCUT2D eigenvalue weighted by Crippen LogP contribution is -2.03. The molecule has 0 saturated heterocycles. The molecular formula is C23H17F2N5O. The first-order chi connectivity index (χ1) is 15.1. The van der Waals surface area contributed by atoms with Crippen LogP contribution in [0.4, 0.5) is 8.78 Å². The highest BCUT2D eigenvalue weighted by Gasteiger charge is 2.17. The molecule has 2 heterocycles. The van der Waals surface area contributed by atoms with Gasteiger partial charge in [-0.15, -0.1) is 0 Å². The Kier molecular flexibility index (Phi) is 4.66. The molecule has 0 aliphatic rings. The van der Waals surface area contributed by atoms with E-state index in [1.807, 2.05) is 48.5 Å². The molecule has 0 aliphatic heterocycles. The number of aromatic nitrogens is 5. The molecule has 0 atom stereocenters. The van der Waals surface area contributed by atoms with Crippen molar-refractivity contribution < 1.29 is 13.5 Å². The molecule has 0 spiro atoms. The third kappa shape index (κ3) is 3.52. The van der Waals surface area contributed by atoms with Crippen LogP contribution in [0.5, 0.6) is 5.75 Å². The van der Waals surface area contributed by atoms with E-state index in [1.165, 1.54) is 12.4 Å². The van der Waals surface area contributed by atoms with Gasteiger partial charge < -0.3 is 9.30 Å². The first-order valence-electron chi connectivity index (χ1n) is 9.56. The van der Waals surface area contributed by atoms with Crippen molar-refractivity contribution in [2.75, 3.05) is 7.11 Å². The minimum Gasteiger partial charge on any atom is -0.497 e. The summed E-state index contributed by atoms with van der Waals surface area (Å²) in [6.07, 6.45) is 3.06. The van der Waals surface area contributed by atoms with Gasteiger partial charge in [-0.1, -0.05) is 12.1 Å². The van der Waals surface area contributed by atoms with Gasteiger partial charge in [-0.2, -0.15) is 5.10 Å². The van der Waals surface area contributed by atoms with Gasteiger partial charge in [0, 0.05) is 18.2 Å². The van der Waals surface area contributed by atoms with Crippen molar-refractivity contribution >= 4 is 11.0 Å². The van der Waals surface area contributed by atoms with Gasteiger partial charge in [-0.3, -0.25) is 0 Å². The lowest BCUT2D eigenvalue weighted by molar-refractivity contribution is 0.414. The summed E-state index contributed by atoms with van der Waals surface area (Å²) in [5.41, 5.74) is 3.02. The Bertz CT molecular complexity index is 1360. The molecule has 8 heteroatoms. The maximum absolute atomic E-state index is 14.5. The Morgan fingerprint density at radius 3 is 2.58 bits per heavy atom. The highest BCUT2D eigenvalue weighted by molar-refractivity contribution is 5.81. The zero-order valence-electron chi connectivity index (χ0n) is 16.5. The number of halogens is 2. The maximum Gasteiger partial charge on any atom is 0.153 e. The van der Waals surface area contributed by atoms with E-state index in [0.717, 1.165) is 22.9 Å². The summed E-state index contributed by atoms with van der Waals surface area (Å²) in [5, 5.41) is 4.12. The third-order valence-corrected chi connectivity index (χ3v) is 5.06. The molecule has 0 unspecified atom stereocenters. The molecular weight excluding hydrogens is 400 g/mol. The fraction of sp³-hybridized carbons (Fsp3) is 0.0870. The van der Waals surface area contributed by atoms with Crippen LogP contribution in [0.25, 0.3) is 28.1 Å². The van der Waals surface area contributed by atoms with Crippen molar-refractivity contribution in [2.24, 2.45) is 0 Å². The molecule has 31 heavy (non-hydrogen) atoms. The average molecular weight is 417 g/mol. The molecule has 5 rings (SSSR count). The monoisotopic (exact) mass is 417 g/mol. The molecule has 0 fully saturated rings. The van der Waals surface area contributed by atoms with Gasteiger partial charge >= 0.3 is 0 Å². The predicted molar refractivity (Wildman–Crippen MR) is 112 cm³/mol. The van der Waals surface area contributed by atoms with E-state index in [9.17, 15) is 8.78 Å². The smallest absolute Gasteiger partial charge is 0.153 e.